The summed E-state index contributed by atoms with van der Waals surface area (Å²) < 4.78 is 1.63. The summed E-state index contributed by atoms with van der Waals surface area (Å²) in [5.41, 5.74) is 0.651. The molecule has 0 aliphatic rings. The number of aromatic nitrogens is 2. The van der Waals surface area contributed by atoms with Crippen LogP contribution in [0.25, 0.3) is 0 Å². The molecule has 0 fully saturated rings. The van der Waals surface area contributed by atoms with Crippen molar-refractivity contribution < 1.29 is 4.79 Å². The summed E-state index contributed by atoms with van der Waals surface area (Å²) in [5, 5.41) is 3.95. The highest BCUT2D eigenvalue weighted by molar-refractivity contribution is 5.93. The largest absolute Gasteiger partial charge is 0.342 e. The molecule has 1 amide bonds. The maximum atomic E-state index is 11.6. The molecular formula is C9H15N3O. The molecule has 1 heterocycles. The van der Waals surface area contributed by atoms with Crippen LogP contribution in [0.2, 0.25) is 0 Å². The molecule has 1 aromatic heterocycles. The van der Waals surface area contributed by atoms with Gasteiger partial charge in [-0.3, -0.25) is 9.48 Å². The summed E-state index contributed by atoms with van der Waals surface area (Å²) in [6.07, 6.45) is 4.30. The van der Waals surface area contributed by atoms with Crippen LogP contribution in [0.5, 0.6) is 0 Å². The maximum absolute atomic E-state index is 11.6. The molecule has 0 radical (unpaired) electrons. The summed E-state index contributed by atoms with van der Waals surface area (Å²) in [4.78, 5) is 13.3. The zero-order valence-corrected chi connectivity index (χ0v) is 8.32. The normalized spacial score (nSPS) is 10.1. The first-order valence-corrected chi connectivity index (χ1v) is 4.39. The second kappa shape index (κ2) is 4.07. The van der Waals surface area contributed by atoms with Crippen molar-refractivity contribution in [3.8, 4) is 0 Å². The Morgan fingerprint density at radius 3 is 2.85 bits per heavy atom. The molecular weight excluding hydrogens is 166 g/mol. The third-order valence-electron chi connectivity index (χ3n) is 1.86. The topological polar surface area (TPSA) is 38.1 Å². The lowest BCUT2D eigenvalue weighted by molar-refractivity contribution is 0.0795. The molecule has 0 unspecified atom stereocenters. The predicted molar refractivity (Wildman–Crippen MR) is 50.5 cm³/mol. The quantitative estimate of drug-likeness (QED) is 0.695. The number of nitrogens with zero attached hydrogens (tertiary/aromatic N) is 3. The maximum Gasteiger partial charge on any atom is 0.256 e. The van der Waals surface area contributed by atoms with Crippen LogP contribution in [-0.4, -0.2) is 34.2 Å². The van der Waals surface area contributed by atoms with Gasteiger partial charge in [0, 0.05) is 26.8 Å². The predicted octanol–water partition coefficient (Wildman–Crippen LogP) is 0.902. The Labute approximate surface area is 78.1 Å². The SMILES string of the molecule is CCCN(C)C(=O)c1cnn(C)c1. The molecule has 0 aliphatic heterocycles. The van der Waals surface area contributed by atoms with Crippen LogP contribution < -0.4 is 0 Å². The van der Waals surface area contributed by atoms with Gasteiger partial charge in [0.25, 0.3) is 5.91 Å². The third kappa shape index (κ3) is 2.31. The van der Waals surface area contributed by atoms with Crippen molar-refractivity contribution in [1.29, 1.82) is 0 Å². The van der Waals surface area contributed by atoms with Crippen molar-refractivity contribution in [3.05, 3.63) is 18.0 Å². The molecule has 0 aromatic carbocycles. The highest BCUT2D eigenvalue weighted by Gasteiger charge is 2.11. The molecule has 0 aliphatic carbocycles. The van der Waals surface area contributed by atoms with Crippen LogP contribution in [0.15, 0.2) is 12.4 Å². The summed E-state index contributed by atoms with van der Waals surface area (Å²) in [6.45, 7) is 2.83. The second-order valence-electron chi connectivity index (χ2n) is 3.13. The zero-order chi connectivity index (χ0) is 9.84. The minimum absolute atomic E-state index is 0.0370. The number of carbonyl (C=O) groups is 1. The van der Waals surface area contributed by atoms with E-state index in [9.17, 15) is 4.79 Å². The fourth-order valence-electron chi connectivity index (χ4n) is 1.19. The van der Waals surface area contributed by atoms with Crippen molar-refractivity contribution in [2.45, 2.75) is 13.3 Å². The molecule has 0 atom stereocenters. The number of aryl methyl sites for hydroxylation is 1. The first kappa shape index (κ1) is 9.77. The van der Waals surface area contributed by atoms with Crippen molar-refractivity contribution >= 4 is 5.91 Å². The number of carbonyl (C=O) groups excluding carboxylic acids is 1. The Morgan fingerprint density at radius 2 is 2.38 bits per heavy atom. The summed E-state index contributed by atoms with van der Waals surface area (Å²) in [6, 6.07) is 0. The smallest absolute Gasteiger partial charge is 0.256 e. The first-order chi connectivity index (χ1) is 6.15. The number of hydrogen-bond donors (Lipinski definition) is 0. The Bertz CT molecular complexity index is 293. The minimum atomic E-state index is 0.0370. The highest BCUT2D eigenvalue weighted by Crippen LogP contribution is 2.01. The molecule has 4 nitrogen and oxygen atoms in total. The summed E-state index contributed by atoms with van der Waals surface area (Å²) in [5.74, 6) is 0.0370. The van der Waals surface area contributed by atoms with E-state index in [0.29, 0.717) is 5.56 Å². The van der Waals surface area contributed by atoms with E-state index >= 15 is 0 Å². The van der Waals surface area contributed by atoms with E-state index in [1.165, 1.54) is 0 Å². The van der Waals surface area contributed by atoms with E-state index in [1.807, 2.05) is 6.92 Å². The van der Waals surface area contributed by atoms with Crippen LogP contribution >= 0.6 is 0 Å². The van der Waals surface area contributed by atoms with Gasteiger partial charge in [0.1, 0.15) is 0 Å². The van der Waals surface area contributed by atoms with Gasteiger partial charge in [-0.05, 0) is 6.42 Å². The van der Waals surface area contributed by atoms with Gasteiger partial charge in [0.05, 0.1) is 11.8 Å². The van der Waals surface area contributed by atoms with Crippen molar-refractivity contribution in [2.75, 3.05) is 13.6 Å². The Balaban J connectivity index is 2.67. The van der Waals surface area contributed by atoms with E-state index in [4.69, 9.17) is 0 Å². The van der Waals surface area contributed by atoms with Gasteiger partial charge in [-0.2, -0.15) is 5.10 Å². The van der Waals surface area contributed by atoms with Gasteiger partial charge >= 0.3 is 0 Å². The monoisotopic (exact) mass is 181 g/mol. The molecule has 1 rings (SSSR count). The molecule has 0 bridgehead atoms. The second-order valence-corrected chi connectivity index (χ2v) is 3.13. The molecule has 0 spiro atoms. The van der Waals surface area contributed by atoms with E-state index in [2.05, 4.69) is 5.10 Å². The molecule has 4 heteroatoms. The Morgan fingerprint density at radius 1 is 1.69 bits per heavy atom. The van der Waals surface area contributed by atoms with Gasteiger partial charge in [-0.1, -0.05) is 6.92 Å². The Hall–Kier alpha value is -1.32. The van der Waals surface area contributed by atoms with Crippen molar-refractivity contribution in [3.63, 3.8) is 0 Å². The van der Waals surface area contributed by atoms with Crippen molar-refractivity contribution in [2.24, 2.45) is 7.05 Å². The van der Waals surface area contributed by atoms with Crippen molar-refractivity contribution in [1.82, 2.24) is 14.7 Å². The lowest BCUT2D eigenvalue weighted by Gasteiger charge is -2.14. The van der Waals surface area contributed by atoms with E-state index in [-0.39, 0.29) is 5.91 Å². The van der Waals surface area contributed by atoms with Crippen LogP contribution in [0.3, 0.4) is 0 Å². The lowest BCUT2D eigenvalue weighted by atomic mass is 10.3. The van der Waals surface area contributed by atoms with Gasteiger partial charge in [0.2, 0.25) is 0 Å². The molecule has 0 saturated heterocycles. The average Bonchev–Trinajstić information content (AvgIpc) is 2.51. The first-order valence-electron chi connectivity index (χ1n) is 4.39. The lowest BCUT2D eigenvalue weighted by Crippen LogP contribution is -2.26. The van der Waals surface area contributed by atoms with Gasteiger partial charge < -0.3 is 4.90 Å². The summed E-state index contributed by atoms with van der Waals surface area (Å²) >= 11 is 0. The van der Waals surface area contributed by atoms with E-state index < -0.39 is 0 Å². The van der Waals surface area contributed by atoms with Crippen LogP contribution in [0.1, 0.15) is 23.7 Å². The molecule has 1 aromatic rings. The van der Waals surface area contributed by atoms with Crippen LogP contribution in [0, 0.1) is 0 Å². The number of rotatable bonds is 3. The number of amides is 1. The Kier molecular flexibility index (Phi) is 3.06. The zero-order valence-electron chi connectivity index (χ0n) is 8.32. The highest BCUT2D eigenvalue weighted by atomic mass is 16.2. The van der Waals surface area contributed by atoms with Crippen LogP contribution in [-0.2, 0) is 7.05 Å². The number of hydrogen-bond acceptors (Lipinski definition) is 2. The standard InChI is InChI=1S/C9H15N3O/c1-4-5-11(2)9(13)8-6-10-12(3)7-8/h6-7H,4-5H2,1-3H3. The van der Waals surface area contributed by atoms with Gasteiger partial charge in [0.15, 0.2) is 0 Å². The summed E-state index contributed by atoms with van der Waals surface area (Å²) in [7, 11) is 3.61. The molecule has 0 saturated carbocycles. The fraction of sp³-hybridized carbons (Fsp3) is 0.556. The molecule has 0 N–H and O–H groups in total. The molecule has 13 heavy (non-hydrogen) atoms. The molecule has 72 valence electrons. The van der Waals surface area contributed by atoms with Gasteiger partial charge in [-0.15, -0.1) is 0 Å². The fourth-order valence-corrected chi connectivity index (χ4v) is 1.19. The van der Waals surface area contributed by atoms with Gasteiger partial charge in [-0.25, -0.2) is 0 Å². The third-order valence-corrected chi connectivity index (χ3v) is 1.86. The average molecular weight is 181 g/mol. The van der Waals surface area contributed by atoms with Crippen LogP contribution in [0.4, 0.5) is 0 Å². The van der Waals surface area contributed by atoms with E-state index in [0.717, 1.165) is 13.0 Å². The minimum Gasteiger partial charge on any atom is -0.342 e. The van der Waals surface area contributed by atoms with E-state index in [1.54, 1.807) is 36.1 Å².